The highest BCUT2D eigenvalue weighted by Crippen LogP contribution is 2.51. The number of hydrogen-bond acceptors (Lipinski definition) is 1. The maximum Gasteiger partial charge on any atom is 0.0625 e. The molecule has 11 rings (SSSR count). The van der Waals surface area contributed by atoms with Gasteiger partial charge in [-0.25, -0.2) is 0 Å². The van der Waals surface area contributed by atoms with E-state index >= 15 is 0 Å². The Kier molecular flexibility index (Phi) is 6.93. The molecule has 1 aliphatic rings. The van der Waals surface area contributed by atoms with Gasteiger partial charge in [0.25, 0.3) is 0 Å². The maximum atomic E-state index is 2.47. The lowest BCUT2D eigenvalue weighted by atomic mass is 9.82. The number of rotatable bonds is 5. The van der Waals surface area contributed by atoms with Crippen molar-refractivity contribution in [2.45, 2.75) is 19.3 Å². The first-order valence-corrected chi connectivity index (χ1v) is 19.2. The maximum absolute atomic E-state index is 2.47. The van der Waals surface area contributed by atoms with Gasteiger partial charge < -0.3 is 9.47 Å². The van der Waals surface area contributed by atoms with Crippen LogP contribution >= 0.6 is 0 Å². The summed E-state index contributed by atoms with van der Waals surface area (Å²) in [6, 6.07) is 71.3. The minimum absolute atomic E-state index is 0.113. The van der Waals surface area contributed by atoms with Crippen LogP contribution in [0, 0.1) is 0 Å². The summed E-state index contributed by atoms with van der Waals surface area (Å²) in [6.07, 6.45) is 0. The van der Waals surface area contributed by atoms with Crippen LogP contribution in [0.2, 0.25) is 0 Å². The van der Waals surface area contributed by atoms with Crippen LogP contribution < -0.4 is 4.90 Å². The molecule has 10 aromatic rings. The van der Waals surface area contributed by atoms with E-state index in [9.17, 15) is 0 Å². The lowest BCUT2D eigenvalue weighted by Crippen LogP contribution is -2.16. The van der Waals surface area contributed by atoms with Crippen molar-refractivity contribution in [3.8, 4) is 27.9 Å². The Bertz CT molecular complexity index is 3100. The summed E-state index contributed by atoms with van der Waals surface area (Å²) < 4.78 is 2.47. The van der Waals surface area contributed by atoms with Crippen LogP contribution in [0.1, 0.15) is 25.0 Å². The molecule has 9 aromatic carbocycles. The average Bonchev–Trinajstić information content (AvgIpc) is 3.71. The molecule has 0 saturated heterocycles. The summed E-state index contributed by atoms with van der Waals surface area (Å²) in [4.78, 5) is 2.45. The van der Waals surface area contributed by atoms with Crippen molar-refractivity contribution >= 4 is 60.4 Å². The summed E-state index contributed by atoms with van der Waals surface area (Å²) in [5, 5.41) is 7.58. The highest BCUT2D eigenvalue weighted by molar-refractivity contribution is 6.32. The van der Waals surface area contributed by atoms with Crippen LogP contribution in [0.25, 0.3) is 71.3 Å². The minimum Gasteiger partial charge on any atom is -0.310 e. The van der Waals surface area contributed by atoms with Crippen molar-refractivity contribution in [1.82, 2.24) is 4.57 Å². The van der Waals surface area contributed by atoms with Gasteiger partial charge in [-0.1, -0.05) is 153 Å². The quantitative estimate of drug-likeness (QED) is 0.162. The molecule has 0 fully saturated rings. The summed E-state index contributed by atoms with van der Waals surface area (Å²) in [6.45, 7) is 4.72. The van der Waals surface area contributed by atoms with Crippen LogP contribution in [-0.2, 0) is 5.41 Å². The van der Waals surface area contributed by atoms with Gasteiger partial charge in [-0.15, -0.1) is 0 Å². The molecule has 0 unspecified atom stereocenters. The van der Waals surface area contributed by atoms with Crippen molar-refractivity contribution in [2.75, 3.05) is 4.90 Å². The van der Waals surface area contributed by atoms with Gasteiger partial charge in [0.05, 0.1) is 11.0 Å². The second-order valence-corrected chi connectivity index (χ2v) is 15.3. The molecule has 0 N–H and O–H groups in total. The molecule has 2 heteroatoms. The summed E-state index contributed by atoms with van der Waals surface area (Å²) in [7, 11) is 0. The molecule has 1 heterocycles. The predicted octanol–water partition coefficient (Wildman–Crippen LogP) is 14.5. The van der Waals surface area contributed by atoms with E-state index in [2.05, 4.69) is 217 Å². The Labute approximate surface area is 321 Å². The monoisotopic (exact) mass is 702 g/mol. The summed E-state index contributed by atoms with van der Waals surface area (Å²) in [5.74, 6) is 0. The van der Waals surface area contributed by atoms with Crippen molar-refractivity contribution < 1.29 is 0 Å². The van der Waals surface area contributed by atoms with E-state index in [-0.39, 0.29) is 5.41 Å². The van der Waals surface area contributed by atoms with Gasteiger partial charge >= 0.3 is 0 Å². The zero-order chi connectivity index (χ0) is 36.7. The van der Waals surface area contributed by atoms with Gasteiger partial charge in [0, 0.05) is 44.3 Å². The van der Waals surface area contributed by atoms with Crippen molar-refractivity contribution in [2.24, 2.45) is 0 Å². The molecule has 2 nitrogen and oxygen atoms in total. The van der Waals surface area contributed by atoms with Crippen LogP contribution in [0.15, 0.2) is 194 Å². The third-order valence-electron chi connectivity index (χ3n) is 12.0. The minimum atomic E-state index is -0.113. The first kappa shape index (κ1) is 31.6. The lowest BCUT2D eigenvalue weighted by Gasteiger charge is -2.28. The Hall–Kier alpha value is -6.90. The second kappa shape index (κ2) is 12.1. The number of aromatic nitrogens is 1. The molecule has 0 aliphatic heterocycles. The largest absolute Gasteiger partial charge is 0.310 e. The average molecular weight is 703 g/mol. The normalized spacial score (nSPS) is 13.1. The van der Waals surface area contributed by atoms with Crippen molar-refractivity contribution in [3.63, 3.8) is 0 Å². The van der Waals surface area contributed by atoms with E-state index in [1.165, 1.54) is 76.7 Å². The van der Waals surface area contributed by atoms with E-state index in [1.54, 1.807) is 0 Å². The fraction of sp³-hybridized carbons (Fsp3) is 0.0566. The topological polar surface area (TPSA) is 8.17 Å². The van der Waals surface area contributed by atoms with Gasteiger partial charge in [0.2, 0.25) is 0 Å². The Morgan fingerprint density at radius 2 is 0.945 bits per heavy atom. The van der Waals surface area contributed by atoms with Gasteiger partial charge in [0.1, 0.15) is 0 Å². The van der Waals surface area contributed by atoms with E-state index in [1.807, 2.05) is 0 Å². The number of hydrogen-bond donors (Lipinski definition) is 0. The van der Waals surface area contributed by atoms with Gasteiger partial charge in [-0.2, -0.15) is 0 Å². The molecule has 55 heavy (non-hydrogen) atoms. The van der Waals surface area contributed by atoms with Crippen LogP contribution in [0.5, 0.6) is 0 Å². The third kappa shape index (κ3) is 4.74. The van der Waals surface area contributed by atoms with Gasteiger partial charge in [-0.05, 0) is 104 Å². The predicted molar refractivity (Wildman–Crippen MR) is 233 cm³/mol. The molecule has 0 atom stereocenters. The number of anilines is 3. The Balaban J connectivity index is 1.19. The number of para-hydroxylation sites is 1. The molecule has 1 aliphatic carbocycles. The van der Waals surface area contributed by atoms with Crippen molar-refractivity contribution in [1.29, 1.82) is 0 Å². The van der Waals surface area contributed by atoms with E-state index in [0.29, 0.717) is 0 Å². The Morgan fingerprint density at radius 3 is 1.71 bits per heavy atom. The molecular formula is C53H38N2. The molecule has 1 aromatic heterocycles. The lowest BCUT2D eigenvalue weighted by molar-refractivity contribution is 0.660. The zero-order valence-electron chi connectivity index (χ0n) is 30.9. The smallest absolute Gasteiger partial charge is 0.0625 e. The zero-order valence-corrected chi connectivity index (χ0v) is 30.9. The van der Waals surface area contributed by atoms with Crippen LogP contribution in [0.4, 0.5) is 17.1 Å². The fourth-order valence-electron chi connectivity index (χ4n) is 9.36. The first-order valence-electron chi connectivity index (χ1n) is 19.2. The summed E-state index contributed by atoms with van der Waals surface area (Å²) in [5.41, 5.74) is 14.7. The van der Waals surface area contributed by atoms with Crippen LogP contribution in [-0.4, -0.2) is 4.57 Å². The SMILES string of the molecule is CC1(C)c2ccccc2-c2ccc(N(c3ccc(-c4ccccc4)cc3)c3ccc4c(c3)c3c5ccccc5c5ccccc5c3n4-c3ccccc3)cc21. The number of fused-ring (bicyclic) bond motifs is 11. The molecule has 0 amide bonds. The number of benzene rings is 9. The molecule has 260 valence electrons. The fourth-order valence-corrected chi connectivity index (χ4v) is 9.36. The highest BCUT2D eigenvalue weighted by atomic mass is 15.1. The summed E-state index contributed by atoms with van der Waals surface area (Å²) >= 11 is 0. The molecule has 0 radical (unpaired) electrons. The van der Waals surface area contributed by atoms with Crippen LogP contribution in [0.3, 0.4) is 0 Å². The van der Waals surface area contributed by atoms with E-state index in [4.69, 9.17) is 0 Å². The molecule has 0 spiro atoms. The molecule has 0 saturated carbocycles. The van der Waals surface area contributed by atoms with E-state index < -0.39 is 0 Å². The molecule has 0 bridgehead atoms. The Morgan fingerprint density at radius 1 is 0.400 bits per heavy atom. The second-order valence-electron chi connectivity index (χ2n) is 15.3. The van der Waals surface area contributed by atoms with Crippen molar-refractivity contribution in [3.05, 3.63) is 205 Å². The van der Waals surface area contributed by atoms with E-state index in [0.717, 1.165) is 22.7 Å². The third-order valence-corrected chi connectivity index (χ3v) is 12.0. The standard InChI is InChI=1S/C53H38N2/c1-53(2)48-24-14-13-21-43(48)44-31-29-40(34-49(44)53)54(38-27-25-36(26-28-38)35-15-5-3-6-16-35)39-30-32-50-47(33-39)51-45-22-11-9-19-41(45)42-20-10-12-23-46(42)52(51)55(50)37-17-7-4-8-18-37/h3-34H,1-2H3. The van der Waals surface area contributed by atoms with Gasteiger partial charge in [-0.3, -0.25) is 0 Å². The molecular weight excluding hydrogens is 665 g/mol. The van der Waals surface area contributed by atoms with Gasteiger partial charge in [0.15, 0.2) is 0 Å². The first-order chi connectivity index (χ1) is 27.1. The highest BCUT2D eigenvalue weighted by Gasteiger charge is 2.35. The number of nitrogens with zero attached hydrogens (tertiary/aromatic N) is 2.